The van der Waals surface area contributed by atoms with Crippen LogP contribution in [0.3, 0.4) is 0 Å². The summed E-state index contributed by atoms with van der Waals surface area (Å²) in [5.74, 6) is 2.00. The Bertz CT molecular complexity index is 1010. The molecule has 0 aliphatic rings. The molecule has 0 aliphatic heterocycles. The molecule has 0 bridgehead atoms. The lowest BCUT2D eigenvalue weighted by Gasteiger charge is -2.12. The number of nitrogens with zero attached hydrogens (tertiary/aromatic N) is 4. The third kappa shape index (κ3) is 2.36. The zero-order valence-electron chi connectivity index (χ0n) is 13.2. The van der Waals surface area contributed by atoms with E-state index in [0.717, 1.165) is 22.2 Å². The van der Waals surface area contributed by atoms with Crippen LogP contribution >= 0.6 is 0 Å². The zero-order chi connectivity index (χ0) is 16.5. The molecule has 4 rings (SSSR count). The largest absolute Gasteiger partial charge is 0.497 e. The van der Waals surface area contributed by atoms with Gasteiger partial charge in [0.2, 0.25) is 5.95 Å². The van der Waals surface area contributed by atoms with Gasteiger partial charge in [0.15, 0.2) is 5.65 Å². The lowest BCUT2D eigenvalue weighted by molar-refractivity contribution is 0.395. The van der Waals surface area contributed by atoms with Gasteiger partial charge < -0.3 is 14.8 Å². The minimum Gasteiger partial charge on any atom is -0.497 e. The molecule has 2 aromatic carbocycles. The molecule has 0 amide bonds. The summed E-state index contributed by atoms with van der Waals surface area (Å²) in [7, 11) is 3.23. The van der Waals surface area contributed by atoms with Crippen LogP contribution in [0, 0.1) is 0 Å². The fourth-order valence-electron chi connectivity index (χ4n) is 2.60. The van der Waals surface area contributed by atoms with Crippen LogP contribution in [0.4, 0.5) is 11.6 Å². The lowest BCUT2D eigenvalue weighted by Crippen LogP contribution is -2.02. The van der Waals surface area contributed by atoms with Crippen molar-refractivity contribution in [3.8, 4) is 11.5 Å². The number of aromatic nitrogens is 4. The van der Waals surface area contributed by atoms with E-state index in [1.54, 1.807) is 20.5 Å². The number of methoxy groups -OCH3 is 2. The van der Waals surface area contributed by atoms with Crippen molar-refractivity contribution < 1.29 is 9.47 Å². The summed E-state index contributed by atoms with van der Waals surface area (Å²) in [6.07, 6.45) is 1.63. The van der Waals surface area contributed by atoms with E-state index in [1.165, 1.54) is 0 Å². The first-order valence-electron chi connectivity index (χ1n) is 7.37. The van der Waals surface area contributed by atoms with Crippen molar-refractivity contribution in [3.63, 3.8) is 0 Å². The summed E-state index contributed by atoms with van der Waals surface area (Å²) in [5, 5.41) is 12.4. The highest BCUT2D eigenvalue weighted by Gasteiger charge is 2.11. The van der Waals surface area contributed by atoms with Crippen molar-refractivity contribution in [1.29, 1.82) is 0 Å². The number of nitrogens with one attached hydrogen (secondary N) is 1. The van der Waals surface area contributed by atoms with Gasteiger partial charge in [-0.2, -0.15) is 0 Å². The number of fused-ring (bicyclic) bond motifs is 3. The Kier molecular flexibility index (Phi) is 3.38. The molecule has 2 aromatic heterocycles. The van der Waals surface area contributed by atoms with Gasteiger partial charge in [-0.3, -0.25) is 4.40 Å². The molecule has 120 valence electrons. The van der Waals surface area contributed by atoms with Gasteiger partial charge in [-0.05, 0) is 12.1 Å². The predicted octanol–water partition coefficient (Wildman–Crippen LogP) is 3.04. The number of hydrogen-bond donors (Lipinski definition) is 1. The Morgan fingerprint density at radius 1 is 1.00 bits per heavy atom. The predicted molar refractivity (Wildman–Crippen MR) is 91.1 cm³/mol. The summed E-state index contributed by atoms with van der Waals surface area (Å²) in [6.45, 7) is 0. The van der Waals surface area contributed by atoms with Crippen LogP contribution in [0.1, 0.15) is 0 Å². The Balaban J connectivity index is 1.86. The number of para-hydroxylation sites is 1. The molecule has 7 heteroatoms. The van der Waals surface area contributed by atoms with Crippen molar-refractivity contribution in [3.05, 3.63) is 48.8 Å². The van der Waals surface area contributed by atoms with Crippen LogP contribution in [-0.4, -0.2) is 33.8 Å². The van der Waals surface area contributed by atoms with Crippen LogP contribution < -0.4 is 14.8 Å². The van der Waals surface area contributed by atoms with Crippen molar-refractivity contribution >= 4 is 28.2 Å². The summed E-state index contributed by atoms with van der Waals surface area (Å²) in [4.78, 5) is 4.67. The smallest absolute Gasteiger partial charge is 0.215 e. The maximum absolute atomic E-state index is 5.31. The van der Waals surface area contributed by atoms with Gasteiger partial charge in [0.05, 0.1) is 19.7 Å². The summed E-state index contributed by atoms with van der Waals surface area (Å²) >= 11 is 0. The van der Waals surface area contributed by atoms with Crippen LogP contribution in [0.2, 0.25) is 0 Å². The van der Waals surface area contributed by atoms with Crippen LogP contribution in [0.25, 0.3) is 16.6 Å². The Hall–Kier alpha value is -3.35. The molecular weight excluding hydrogens is 306 g/mol. The molecule has 2 heterocycles. The van der Waals surface area contributed by atoms with E-state index in [4.69, 9.17) is 9.47 Å². The van der Waals surface area contributed by atoms with Crippen molar-refractivity contribution in [2.45, 2.75) is 0 Å². The first-order chi connectivity index (χ1) is 11.8. The molecule has 0 aliphatic carbocycles. The Morgan fingerprint density at radius 2 is 1.75 bits per heavy atom. The summed E-state index contributed by atoms with van der Waals surface area (Å²) < 4.78 is 12.4. The van der Waals surface area contributed by atoms with Crippen LogP contribution in [0.15, 0.2) is 48.8 Å². The number of benzene rings is 2. The monoisotopic (exact) mass is 321 g/mol. The number of ether oxygens (including phenoxy) is 2. The van der Waals surface area contributed by atoms with E-state index in [1.807, 2.05) is 46.9 Å². The minimum atomic E-state index is 0.615. The van der Waals surface area contributed by atoms with Gasteiger partial charge in [0, 0.05) is 29.3 Å². The van der Waals surface area contributed by atoms with Gasteiger partial charge in [-0.1, -0.05) is 12.1 Å². The van der Waals surface area contributed by atoms with Crippen LogP contribution in [-0.2, 0) is 0 Å². The van der Waals surface area contributed by atoms with Gasteiger partial charge in [0.1, 0.15) is 17.8 Å². The second-order valence-electron chi connectivity index (χ2n) is 5.20. The molecule has 0 unspecified atom stereocenters. The standard InChI is InChI=1S/C17H15N5O2/c1-23-12-7-11(8-13(9-12)24-2)19-17-20-15-6-4-3-5-14(15)16-21-18-10-22(16)17/h3-10H,1-2H3,(H,19,20). The average molecular weight is 321 g/mol. The SMILES string of the molecule is COc1cc(Nc2nc3ccccc3c3nncn23)cc(OC)c1. The molecular formula is C17H15N5O2. The van der Waals surface area contributed by atoms with E-state index in [9.17, 15) is 0 Å². The maximum Gasteiger partial charge on any atom is 0.215 e. The van der Waals surface area contributed by atoms with Crippen molar-refractivity contribution in [2.24, 2.45) is 0 Å². The van der Waals surface area contributed by atoms with E-state index >= 15 is 0 Å². The number of anilines is 2. The van der Waals surface area contributed by atoms with Crippen molar-refractivity contribution in [2.75, 3.05) is 19.5 Å². The molecule has 0 atom stereocenters. The van der Waals surface area contributed by atoms with E-state index in [2.05, 4.69) is 20.5 Å². The van der Waals surface area contributed by atoms with E-state index < -0.39 is 0 Å². The minimum absolute atomic E-state index is 0.615. The van der Waals surface area contributed by atoms with E-state index in [0.29, 0.717) is 17.4 Å². The highest BCUT2D eigenvalue weighted by atomic mass is 16.5. The van der Waals surface area contributed by atoms with Gasteiger partial charge in [-0.15, -0.1) is 10.2 Å². The van der Waals surface area contributed by atoms with Gasteiger partial charge in [0.25, 0.3) is 0 Å². The molecule has 0 saturated carbocycles. The number of hydrogen-bond acceptors (Lipinski definition) is 6. The first-order valence-corrected chi connectivity index (χ1v) is 7.37. The molecule has 0 saturated heterocycles. The molecule has 7 nitrogen and oxygen atoms in total. The molecule has 0 fully saturated rings. The molecule has 24 heavy (non-hydrogen) atoms. The number of rotatable bonds is 4. The second kappa shape index (κ2) is 5.69. The highest BCUT2D eigenvalue weighted by molar-refractivity contribution is 5.92. The highest BCUT2D eigenvalue weighted by Crippen LogP contribution is 2.28. The molecule has 1 N–H and O–H groups in total. The topological polar surface area (TPSA) is 73.6 Å². The zero-order valence-corrected chi connectivity index (χ0v) is 13.2. The first kappa shape index (κ1) is 14.3. The molecule has 4 aromatic rings. The molecule has 0 spiro atoms. The third-order valence-corrected chi connectivity index (χ3v) is 3.75. The quantitative estimate of drug-likeness (QED) is 0.623. The van der Waals surface area contributed by atoms with Crippen molar-refractivity contribution in [1.82, 2.24) is 19.6 Å². The fourth-order valence-corrected chi connectivity index (χ4v) is 2.60. The normalized spacial score (nSPS) is 10.9. The average Bonchev–Trinajstić information content (AvgIpc) is 3.12. The Labute approximate surface area is 137 Å². The van der Waals surface area contributed by atoms with E-state index in [-0.39, 0.29) is 0 Å². The fraction of sp³-hybridized carbons (Fsp3) is 0.118. The molecule has 0 radical (unpaired) electrons. The van der Waals surface area contributed by atoms with Gasteiger partial charge in [-0.25, -0.2) is 4.98 Å². The van der Waals surface area contributed by atoms with Crippen LogP contribution in [0.5, 0.6) is 11.5 Å². The van der Waals surface area contributed by atoms with Gasteiger partial charge >= 0.3 is 0 Å². The lowest BCUT2D eigenvalue weighted by atomic mass is 10.2. The summed E-state index contributed by atoms with van der Waals surface area (Å²) in [5.41, 5.74) is 2.39. The summed E-state index contributed by atoms with van der Waals surface area (Å²) in [6, 6.07) is 13.4. The Morgan fingerprint density at radius 3 is 2.50 bits per heavy atom. The second-order valence-corrected chi connectivity index (χ2v) is 5.20. The third-order valence-electron chi connectivity index (χ3n) is 3.75. The maximum atomic E-state index is 5.31.